The van der Waals surface area contributed by atoms with E-state index in [0.717, 1.165) is 12.8 Å². The highest BCUT2D eigenvalue weighted by Gasteiger charge is 2.29. The number of hydrogen-bond acceptors (Lipinski definition) is 5. The highest BCUT2D eigenvalue weighted by atomic mass is 16.5. The van der Waals surface area contributed by atoms with Crippen LogP contribution in [0.15, 0.2) is 18.2 Å². The Morgan fingerprint density at radius 3 is 2.48 bits per heavy atom. The molecule has 1 saturated carbocycles. The van der Waals surface area contributed by atoms with Gasteiger partial charge in [-0.2, -0.15) is 0 Å². The second-order valence-corrected chi connectivity index (χ2v) is 7.06. The van der Waals surface area contributed by atoms with E-state index in [9.17, 15) is 14.7 Å². The normalized spacial score (nSPS) is 18.3. The molecule has 1 heterocycles. The quantitative estimate of drug-likeness (QED) is 0.786. The molecular weight excluding hydrogens is 350 g/mol. The molecule has 148 valence electrons. The second-order valence-electron chi connectivity index (χ2n) is 7.06. The number of carboxylic acids is 1. The lowest BCUT2D eigenvalue weighted by atomic mass is 10.0. The number of benzene rings is 1. The van der Waals surface area contributed by atoms with Crippen LogP contribution in [-0.2, 0) is 9.53 Å². The molecule has 0 atom stereocenters. The van der Waals surface area contributed by atoms with E-state index in [1.165, 1.54) is 17.7 Å². The van der Waals surface area contributed by atoms with E-state index in [1.807, 2.05) is 0 Å². The van der Waals surface area contributed by atoms with Gasteiger partial charge in [0.1, 0.15) is 6.54 Å². The molecule has 0 bridgehead atoms. The molecule has 1 aliphatic carbocycles. The lowest BCUT2D eigenvalue weighted by Crippen LogP contribution is -2.46. The molecule has 7 nitrogen and oxygen atoms in total. The Labute approximate surface area is 159 Å². The van der Waals surface area contributed by atoms with Gasteiger partial charge < -0.3 is 24.2 Å². The summed E-state index contributed by atoms with van der Waals surface area (Å²) in [4.78, 5) is 25.7. The fourth-order valence-electron chi connectivity index (χ4n) is 3.76. The molecule has 0 radical (unpaired) electrons. The Hall–Kier alpha value is -2.28. The summed E-state index contributed by atoms with van der Waals surface area (Å²) in [5.74, 6) is -0.218. The van der Waals surface area contributed by atoms with Gasteiger partial charge in [-0.25, -0.2) is 0 Å². The number of methoxy groups -OCH3 is 1. The summed E-state index contributed by atoms with van der Waals surface area (Å²) in [5, 5.41) is 9.24. The maximum Gasteiger partial charge on any atom is 0.323 e. The molecule has 1 aromatic rings. The van der Waals surface area contributed by atoms with Gasteiger partial charge >= 0.3 is 5.97 Å². The number of hydrogen-bond donors (Lipinski definition) is 1. The molecule has 27 heavy (non-hydrogen) atoms. The van der Waals surface area contributed by atoms with Gasteiger partial charge in [-0.3, -0.25) is 9.59 Å². The summed E-state index contributed by atoms with van der Waals surface area (Å²) in [7, 11) is 1.54. The molecule has 1 amide bonds. The van der Waals surface area contributed by atoms with Crippen LogP contribution in [0.1, 0.15) is 48.9 Å². The third kappa shape index (κ3) is 4.91. The maximum absolute atomic E-state index is 13.0. The number of carbonyl (C=O) groups excluding carboxylic acids is 1. The monoisotopic (exact) mass is 377 g/mol. The zero-order valence-electron chi connectivity index (χ0n) is 15.7. The molecule has 2 fully saturated rings. The van der Waals surface area contributed by atoms with Crippen LogP contribution >= 0.6 is 0 Å². The maximum atomic E-state index is 13.0. The number of carboxylic acid groups (broad SMARTS) is 1. The Kier molecular flexibility index (Phi) is 6.55. The molecule has 0 aromatic heterocycles. The van der Waals surface area contributed by atoms with Crippen LogP contribution < -0.4 is 9.47 Å². The van der Waals surface area contributed by atoms with Gasteiger partial charge in [0.05, 0.1) is 13.2 Å². The van der Waals surface area contributed by atoms with E-state index in [0.29, 0.717) is 43.1 Å². The highest BCUT2D eigenvalue weighted by Crippen LogP contribution is 2.33. The summed E-state index contributed by atoms with van der Waals surface area (Å²) in [5.41, 5.74) is 0.401. The topological polar surface area (TPSA) is 85.3 Å². The van der Waals surface area contributed by atoms with Crippen LogP contribution in [0.3, 0.4) is 0 Å². The van der Waals surface area contributed by atoms with E-state index in [1.54, 1.807) is 25.3 Å². The predicted molar refractivity (Wildman–Crippen MR) is 98.4 cm³/mol. The predicted octanol–water partition coefficient (Wildman–Crippen LogP) is 2.72. The summed E-state index contributed by atoms with van der Waals surface area (Å²) in [6.45, 7) is 0.739. The first-order valence-corrected chi connectivity index (χ1v) is 9.53. The first-order chi connectivity index (χ1) is 13.1. The summed E-state index contributed by atoms with van der Waals surface area (Å²) in [6, 6.07) is 4.93. The minimum atomic E-state index is -1.03. The zero-order chi connectivity index (χ0) is 19.2. The van der Waals surface area contributed by atoms with E-state index in [-0.39, 0.29) is 24.6 Å². The fourth-order valence-corrected chi connectivity index (χ4v) is 3.76. The van der Waals surface area contributed by atoms with Crippen molar-refractivity contribution in [3.63, 3.8) is 0 Å². The molecular formula is C20H27NO6. The number of amides is 1. The van der Waals surface area contributed by atoms with Gasteiger partial charge in [0.15, 0.2) is 11.5 Å². The lowest BCUT2D eigenvalue weighted by Gasteiger charge is -2.33. The number of carbonyl (C=O) groups is 2. The van der Waals surface area contributed by atoms with Gasteiger partial charge in [0.25, 0.3) is 5.91 Å². The van der Waals surface area contributed by atoms with Crippen LogP contribution in [0.2, 0.25) is 0 Å². The Balaban J connectivity index is 1.79. The van der Waals surface area contributed by atoms with Crippen LogP contribution in [0, 0.1) is 0 Å². The first-order valence-electron chi connectivity index (χ1n) is 9.53. The van der Waals surface area contributed by atoms with Gasteiger partial charge in [-0.15, -0.1) is 0 Å². The van der Waals surface area contributed by atoms with Crippen LogP contribution in [0.4, 0.5) is 0 Å². The van der Waals surface area contributed by atoms with E-state index in [4.69, 9.17) is 14.2 Å². The van der Waals surface area contributed by atoms with Gasteiger partial charge in [-0.05, 0) is 56.7 Å². The number of rotatable bonds is 7. The Bertz CT molecular complexity index is 664. The standard InChI is InChI=1S/C20H27NO6/c1-25-18-12-14(6-7-17(18)27-16-4-2-3-5-16)20(24)21(13-19(22)23)15-8-10-26-11-9-15/h6-7,12,15-16H,2-5,8-11,13H2,1H3,(H,22,23). The van der Waals surface area contributed by atoms with Crippen molar-refractivity contribution in [2.75, 3.05) is 26.9 Å². The minimum absolute atomic E-state index is 0.136. The van der Waals surface area contributed by atoms with E-state index < -0.39 is 5.97 Å². The highest BCUT2D eigenvalue weighted by molar-refractivity contribution is 5.96. The van der Waals surface area contributed by atoms with Crippen LogP contribution in [-0.4, -0.2) is 60.9 Å². The molecule has 0 spiro atoms. The SMILES string of the molecule is COc1cc(C(=O)N(CC(=O)O)C2CCOCC2)ccc1OC1CCCC1. The Morgan fingerprint density at radius 2 is 1.85 bits per heavy atom. The average Bonchev–Trinajstić information content (AvgIpc) is 3.19. The van der Waals surface area contributed by atoms with E-state index >= 15 is 0 Å². The van der Waals surface area contributed by atoms with Crippen molar-refractivity contribution < 1.29 is 28.9 Å². The molecule has 1 saturated heterocycles. The third-order valence-electron chi connectivity index (χ3n) is 5.20. The van der Waals surface area contributed by atoms with Crippen molar-refractivity contribution in [1.29, 1.82) is 0 Å². The zero-order valence-corrected chi connectivity index (χ0v) is 15.7. The molecule has 1 aromatic carbocycles. The van der Waals surface area contributed by atoms with Crippen molar-refractivity contribution in [2.45, 2.75) is 50.7 Å². The molecule has 7 heteroatoms. The summed E-state index contributed by atoms with van der Waals surface area (Å²) >= 11 is 0. The van der Waals surface area contributed by atoms with Crippen molar-refractivity contribution in [2.24, 2.45) is 0 Å². The smallest absolute Gasteiger partial charge is 0.323 e. The van der Waals surface area contributed by atoms with E-state index in [2.05, 4.69) is 0 Å². The molecule has 3 rings (SSSR count). The minimum Gasteiger partial charge on any atom is -0.493 e. The van der Waals surface area contributed by atoms with Crippen LogP contribution in [0.5, 0.6) is 11.5 Å². The fraction of sp³-hybridized carbons (Fsp3) is 0.600. The Morgan fingerprint density at radius 1 is 1.15 bits per heavy atom. The third-order valence-corrected chi connectivity index (χ3v) is 5.20. The van der Waals surface area contributed by atoms with Gasteiger partial charge in [0.2, 0.25) is 0 Å². The lowest BCUT2D eigenvalue weighted by molar-refractivity contribution is -0.138. The average molecular weight is 377 g/mol. The number of ether oxygens (including phenoxy) is 3. The van der Waals surface area contributed by atoms with Crippen molar-refractivity contribution in [3.8, 4) is 11.5 Å². The first kappa shape index (κ1) is 19.5. The largest absolute Gasteiger partial charge is 0.493 e. The second kappa shape index (κ2) is 9.08. The molecule has 1 N–H and O–H groups in total. The number of nitrogens with zero attached hydrogens (tertiary/aromatic N) is 1. The van der Waals surface area contributed by atoms with Crippen molar-refractivity contribution in [3.05, 3.63) is 23.8 Å². The van der Waals surface area contributed by atoms with Crippen molar-refractivity contribution >= 4 is 11.9 Å². The van der Waals surface area contributed by atoms with Gasteiger partial charge in [0, 0.05) is 24.8 Å². The number of aliphatic carboxylic acids is 1. The molecule has 2 aliphatic rings. The summed E-state index contributed by atoms with van der Waals surface area (Å²) in [6.07, 6.45) is 5.85. The van der Waals surface area contributed by atoms with Crippen LogP contribution in [0.25, 0.3) is 0 Å². The van der Waals surface area contributed by atoms with Crippen molar-refractivity contribution in [1.82, 2.24) is 4.90 Å². The molecule has 0 unspecified atom stereocenters. The van der Waals surface area contributed by atoms with Gasteiger partial charge in [-0.1, -0.05) is 0 Å². The molecule has 1 aliphatic heterocycles. The summed E-state index contributed by atoms with van der Waals surface area (Å²) < 4.78 is 16.8.